The van der Waals surface area contributed by atoms with Gasteiger partial charge in [-0.3, -0.25) is 4.79 Å². The quantitative estimate of drug-likeness (QED) is 0.554. The minimum absolute atomic E-state index is 0.0576. The van der Waals surface area contributed by atoms with Crippen molar-refractivity contribution in [3.63, 3.8) is 0 Å². The number of aliphatic hydroxyl groups is 2. The first-order chi connectivity index (χ1) is 6.11. The molecular formula is C8H12O5. The monoisotopic (exact) mass is 188 g/mol. The van der Waals surface area contributed by atoms with E-state index >= 15 is 0 Å². The summed E-state index contributed by atoms with van der Waals surface area (Å²) < 4.78 is 9.57. The Kier molecular flexibility index (Phi) is 3.27. The van der Waals surface area contributed by atoms with Crippen molar-refractivity contribution in [3.8, 4) is 0 Å². The summed E-state index contributed by atoms with van der Waals surface area (Å²) in [6, 6.07) is 0. The normalized spacial score (nSPS) is 32.4. The number of carbonyl (C=O) groups is 1. The van der Waals surface area contributed by atoms with E-state index in [2.05, 4.69) is 4.74 Å². The number of ether oxygens (including phenoxy) is 2. The van der Waals surface area contributed by atoms with Gasteiger partial charge < -0.3 is 19.7 Å². The second kappa shape index (κ2) is 4.25. The van der Waals surface area contributed by atoms with Crippen LogP contribution in [0.4, 0.5) is 0 Å². The van der Waals surface area contributed by atoms with Crippen molar-refractivity contribution in [2.45, 2.75) is 25.2 Å². The molecule has 0 saturated heterocycles. The van der Waals surface area contributed by atoms with Crippen LogP contribution in [0.1, 0.15) is 6.92 Å². The fraction of sp³-hybridized carbons (Fsp3) is 0.625. The lowest BCUT2D eigenvalue weighted by molar-refractivity contribution is -0.149. The summed E-state index contributed by atoms with van der Waals surface area (Å²) in [6.45, 7) is 1.21. The SMILES string of the molecule is CC(=O)OC[C@H]1OC=C[C@@H](O)[C@@H]1O. The maximum atomic E-state index is 10.4. The average molecular weight is 188 g/mol. The lowest BCUT2D eigenvalue weighted by atomic mass is 10.1. The summed E-state index contributed by atoms with van der Waals surface area (Å²) in [6.07, 6.45) is -0.0944. The van der Waals surface area contributed by atoms with Gasteiger partial charge in [-0.15, -0.1) is 0 Å². The molecule has 0 spiro atoms. The first-order valence-electron chi connectivity index (χ1n) is 3.93. The zero-order valence-corrected chi connectivity index (χ0v) is 7.21. The van der Waals surface area contributed by atoms with E-state index < -0.39 is 24.3 Å². The summed E-state index contributed by atoms with van der Waals surface area (Å²) in [5.74, 6) is -0.445. The maximum Gasteiger partial charge on any atom is 0.302 e. The summed E-state index contributed by atoms with van der Waals surface area (Å²) in [4.78, 5) is 10.4. The molecule has 0 aromatic heterocycles. The predicted octanol–water partition coefficient (Wildman–Crippen LogP) is -0.816. The molecule has 0 bridgehead atoms. The molecular weight excluding hydrogens is 176 g/mol. The Hall–Kier alpha value is -1.07. The van der Waals surface area contributed by atoms with Gasteiger partial charge in [0.25, 0.3) is 0 Å². The number of rotatable bonds is 2. The Balaban J connectivity index is 2.42. The third-order valence-electron chi connectivity index (χ3n) is 1.71. The molecule has 0 unspecified atom stereocenters. The molecule has 1 aliphatic heterocycles. The van der Waals surface area contributed by atoms with Crippen LogP contribution in [0.5, 0.6) is 0 Å². The zero-order valence-electron chi connectivity index (χ0n) is 7.21. The van der Waals surface area contributed by atoms with E-state index in [1.165, 1.54) is 19.3 Å². The van der Waals surface area contributed by atoms with E-state index in [0.29, 0.717) is 0 Å². The minimum atomic E-state index is -1.05. The van der Waals surface area contributed by atoms with Gasteiger partial charge in [0.2, 0.25) is 0 Å². The Labute approximate surface area is 75.6 Å². The standard InChI is InChI=1S/C8H12O5/c1-5(9)13-4-7-8(11)6(10)2-3-12-7/h2-3,6-8,10-11H,4H2,1H3/t6-,7-,8+/m1/s1. The van der Waals surface area contributed by atoms with Gasteiger partial charge in [0.1, 0.15) is 18.8 Å². The van der Waals surface area contributed by atoms with E-state index in [9.17, 15) is 9.90 Å². The molecule has 0 radical (unpaired) electrons. The predicted molar refractivity (Wildman–Crippen MR) is 42.7 cm³/mol. The molecule has 13 heavy (non-hydrogen) atoms. The van der Waals surface area contributed by atoms with Gasteiger partial charge in [-0.05, 0) is 6.08 Å². The highest BCUT2D eigenvalue weighted by atomic mass is 16.6. The van der Waals surface area contributed by atoms with Gasteiger partial charge in [-0.2, -0.15) is 0 Å². The number of aliphatic hydroxyl groups excluding tert-OH is 2. The highest BCUT2D eigenvalue weighted by molar-refractivity contribution is 5.65. The van der Waals surface area contributed by atoms with Crippen molar-refractivity contribution in [2.75, 3.05) is 6.61 Å². The molecule has 1 rings (SSSR count). The van der Waals surface area contributed by atoms with Gasteiger partial charge in [-0.1, -0.05) is 0 Å². The summed E-state index contributed by atoms with van der Waals surface area (Å²) in [5, 5.41) is 18.5. The summed E-state index contributed by atoms with van der Waals surface area (Å²) in [7, 11) is 0. The first kappa shape index (κ1) is 10.0. The summed E-state index contributed by atoms with van der Waals surface area (Å²) in [5.41, 5.74) is 0. The third kappa shape index (κ3) is 2.71. The number of esters is 1. The van der Waals surface area contributed by atoms with E-state index in [1.807, 2.05) is 0 Å². The highest BCUT2D eigenvalue weighted by Crippen LogP contribution is 2.12. The van der Waals surface area contributed by atoms with Crippen molar-refractivity contribution in [1.82, 2.24) is 0 Å². The molecule has 74 valence electrons. The van der Waals surface area contributed by atoms with Crippen LogP contribution >= 0.6 is 0 Å². The van der Waals surface area contributed by atoms with Gasteiger partial charge >= 0.3 is 5.97 Å². The second-order valence-electron chi connectivity index (χ2n) is 2.79. The molecule has 0 aromatic carbocycles. The van der Waals surface area contributed by atoms with Crippen LogP contribution in [-0.4, -0.2) is 41.1 Å². The van der Waals surface area contributed by atoms with E-state index in [-0.39, 0.29) is 6.61 Å². The van der Waals surface area contributed by atoms with Crippen LogP contribution in [0, 0.1) is 0 Å². The van der Waals surface area contributed by atoms with Crippen molar-refractivity contribution in [1.29, 1.82) is 0 Å². The van der Waals surface area contributed by atoms with Crippen LogP contribution in [0.25, 0.3) is 0 Å². The maximum absolute atomic E-state index is 10.4. The number of hydrogen-bond acceptors (Lipinski definition) is 5. The third-order valence-corrected chi connectivity index (χ3v) is 1.71. The van der Waals surface area contributed by atoms with Crippen LogP contribution in [0.3, 0.4) is 0 Å². The molecule has 3 atom stereocenters. The van der Waals surface area contributed by atoms with Gasteiger partial charge in [0, 0.05) is 6.92 Å². The lowest BCUT2D eigenvalue weighted by Gasteiger charge is -2.27. The Morgan fingerprint density at radius 3 is 2.92 bits per heavy atom. The lowest BCUT2D eigenvalue weighted by Crippen LogP contribution is -2.42. The molecule has 1 aliphatic rings. The minimum Gasteiger partial charge on any atom is -0.492 e. The highest BCUT2D eigenvalue weighted by Gasteiger charge is 2.29. The average Bonchev–Trinajstić information content (AvgIpc) is 2.07. The molecule has 0 saturated carbocycles. The molecule has 5 heteroatoms. The van der Waals surface area contributed by atoms with Crippen molar-refractivity contribution in [3.05, 3.63) is 12.3 Å². The second-order valence-corrected chi connectivity index (χ2v) is 2.79. The van der Waals surface area contributed by atoms with Crippen LogP contribution < -0.4 is 0 Å². The van der Waals surface area contributed by atoms with Crippen molar-refractivity contribution >= 4 is 5.97 Å². The Morgan fingerprint density at radius 1 is 1.62 bits per heavy atom. The van der Waals surface area contributed by atoms with E-state index in [4.69, 9.17) is 9.84 Å². The molecule has 0 amide bonds. The van der Waals surface area contributed by atoms with Crippen LogP contribution in [-0.2, 0) is 14.3 Å². The largest absolute Gasteiger partial charge is 0.492 e. The van der Waals surface area contributed by atoms with Crippen molar-refractivity contribution in [2.24, 2.45) is 0 Å². The number of hydrogen-bond donors (Lipinski definition) is 2. The molecule has 1 heterocycles. The zero-order chi connectivity index (χ0) is 9.84. The fourth-order valence-electron chi connectivity index (χ4n) is 0.978. The topological polar surface area (TPSA) is 76.0 Å². The van der Waals surface area contributed by atoms with Crippen LogP contribution in [0.2, 0.25) is 0 Å². The Bertz CT molecular complexity index is 213. The molecule has 5 nitrogen and oxygen atoms in total. The van der Waals surface area contributed by atoms with Gasteiger partial charge in [0.15, 0.2) is 6.10 Å². The Morgan fingerprint density at radius 2 is 2.31 bits per heavy atom. The first-order valence-corrected chi connectivity index (χ1v) is 3.93. The molecule has 2 N–H and O–H groups in total. The summed E-state index contributed by atoms with van der Waals surface area (Å²) >= 11 is 0. The molecule has 0 fully saturated rings. The number of carbonyl (C=O) groups excluding carboxylic acids is 1. The molecule has 0 aromatic rings. The smallest absolute Gasteiger partial charge is 0.302 e. The van der Waals surface area contributed by atoms with E-state index in [1.54, 1.807) is 0 Å². The van der Waals surface area contributed by atoms with E-state index in [0.717, 1.165) is 0 Å². The van der Waals surface area contributed by atoms with Gasteiger partial charge in [0.05, 0.1) is 6.26 Å². The fourth-order valence-corrected chi connectivity index (χ4v) is 0.978. The van der Waals surface area contributed by atoms with Gasteiger partial charge in [-0.25, -0.2) is 0 Å². The van der Waals surface area contributed by atoms with Crippen molar-refractivity contribution < 1.29 is 24.5 Å². The van der Waals surface area contributed by atoms with Crippen LogP contribution in [0.15, 0.2) is 12.3 Å². The molecule has 0 aliphatic carbocycles.